The number of hydrogen-bond acceptors (Lipinski definition) is 6. The van der Waals surface area contributed by atoms with Gasteiger partial charge in [0.15, 0.2) is 10.8 Å². The second-order valence-electron chi connectivity index (χ2n) is 4.12. The van der Waals surface area contributed by atoms with Crippen LogP contribution in [0.5, 0.6) is 5.75 Å². The van der Waals surface area contributed by atoms with E-state index in [0.29, 0.717) is 17.4 Å². The van der Waals surface area contributed by atoms with E-state index >= 15 is 0 Å². The van der Waals surface area contributed by atoms with Crippen LogP contribution in [0, 0.1) is 6.92 Å². The molecule has 0 saturated heterocycles. The number of anilines is 1. The molecule has 106 valence electrons. The molecular formula is C14H16N2O3S. The van der Waals surface area contributed by atoms with E-state index in [-0.39, 0.29) is 0 Å². The van der Waals surface area contributed by atoms with Gasteiger partial charge in [0.1, 0.15) is 5.75 Å². The van der Waals surface area contributed by atoms with Gasteiger partial charge in [0.2, 0.25) is 0 Å². The van der Waals surface area contributed by atoms with Crippen LogP contribution in [0.15, 0.2) is 24.3 Å². The summed E-state index contributed by atoms with van der Waals surface area (Å²) in [5.41, 5.74) is 1.48. The van der Waals surface area contributed by atoms with E-state index in [1.54, 1.807) is 7.11 Å². The van der Waals surface area contributed by atoms with Gasteiger partial charge in [-0.2, -0.15) is 0 Å². The first-order chi connectivity index (χ1) is 9.63. The molecule has 0 unspecified atom stereocenters. The molecule has 20 heavy (non-hydrogen) atoms. The summed E-state index contributed by atoms with van der Waals surface area (Å²) < 4.78 is 9.79. The summed E-state index contributed by atoms with van der Waals surface area (Å²) in [4.78, 5) is 16.6. The zero-order chi connectivity index (χ0) is 14.5. The number of aryl methyl sites for hydroxylation is 1. The Bertz CT molecular complexity index is 593. The zero-order valence-corrected chi connectivity index (χ0v) is 12.4. The van der Waals surface area contributed by atoms with E-state index in [4.69, 9.17) is 4.74 Å². The smallest absolute Gasteiger partial charge is 0.357 e. The van der Waals surface area contributed by atoms with Gasteiger partial charge in [-0.05, 0) is 24.6 Å². The van der Waals surface area contributed by atoms with Gasteiger partial charge in [-0.1, -0.05) is 12.1 Å². The number of methoxy groups -OCH3 is 2. The van der Waals surface area contributed by atoms with Crippen molar-refractivity contribution in [2.75, 3.05) is 19.5 Å². The summed E-state index contributed by atoms with van der Waals surface area (Å²) in [6.07, 6.45) is 0. The fourth-order valence-corrected chi connectivity index (χ4v) is 2.48. The van der Waals surface area contributed by atoms with Crippen molar-refractivity contribution in [3.8, 4) is 5.75 Å². The van der Waals surface area contributed by atoms with Crippen molar-refractivity contribution in [1.29, 1.82) is 0 Å². The number of nitrogens with zero attached hydrogens (tertiary/aromatic N) is 1. The SMILES string of the molecule is COC(=O)c1nc(NCc2ccc(OC)cc2)sc1C. The molecule has 0 atom stereocenters. The highest BCUT2D eigenvalue weighted by Gasteiger charge is 2.15. The molecule has 0 spiro atoms. The van der Waals surface area contributed by atoms with Crippen LogP contribution in [0.25, 0.3) is 0 Å². The van der Waals surface area contributed by atoms with E-state index in [9.17, 15) is 4.79 Å². The summed E-state index contributed by atoms with van der Waals surface area (Å²) in [5.74, 6) is 0.420. The molecule has 6 heteroatoms. The van der Waals surface area contributed by atoms with Crippen LogP contribution in [0.3, 0.4) is 0 Å². The lowest BCUT2D eigenvalue weighted by atomic mass is 10.2. The lowest BCUT2D eigenvalue weighted by molar-refractivity contribution is 0.0594. The second-order valence-corrected chi connectivity index (χ2v) is 5.32. The first-order valence-corrected chi connectivity index (χ1v) is 6.88. The van der Waals surface area contributed by atoms with Gasteiger partial charge in [-0.3, -0.25) is 0 Å². The molecule has 0 aliphatic rings. The van der Waals surface area contributed by atoms with E-state index in [1.165, 1.54) is 18.4 Å². The molecular weight excluding hydrogens is 276 g/mol. The minimum atomic E-state index is -0.406. The van der Waals surface area contributed by atoms with Crippen LogP contribution in [-0.2, 0) is 11.3 Å². The number of aromatic nitrogens is 1. The Hall–Kier alpha value is -2.08. The highest BCUT2D eigenvalue weighted by Crippen LogP contribution is 2.23. The number of thiazole rings is 1. The fraction of sp³-hybridized carbons (Fsp3) is 0.286. The molecule has 5 nitrogen and oxygen atoms in total. The van der Waals surface area contributed by atoms with Crippen LogP contribution in [0.1, 0.15) is 20.9 Å². The number of hydrogen-bond donors (Lipinski definition) is 1. The molecule has 1 heterocycles. The third kappa shape index (κ3) is 3.27. The molecule has 2 aromatic rings. The third-order valence-corrected chi connectivity index (χ3v) is 3.71. The predicted molar refractivity (Wildman–Crippen MR) is 78.5 cm³/mol. The number of carbonyl (C=O) groups is 1. The topological polar surface area (TPSA) is 60.5 Å². The number of benzene rings is 1. The second kappa shape index (κ2) is 6.38. The minimum Gasteiger partial charge on any atom is -0.497 e. The number of nitrogens with one attached hydrogen (secondary N) is 1. The van der Waals surface area contributed by atoms with Crippen molar-refractivity contribution in [2.45, 2.75) is 13.5 Å². The van der Waals surface area contributed by atoms with Crippen molar-refractivity contribution in [3.63, 3.8) is 0 Å². The molecule has 1 N–H and O–H groups in total. The van der Waals surface area contributed by atoms with E-state index < -0.39 is 5.97 Å². The summed E-state index contributed by atoms with van der Waals surface area (Å²) in [5, 5.41) is 3.90. The lowest BCUT2D eigenvalue weighted by Gasteiger charge is -2.04. The third-order valence-electron chi connectivity index (χ3n) is 2.78. The normalized spacial score (nSPS) is 10.2. The standard InChI is InChI=1S/C14H16N2O3S/c1-9-12(13(17)19-3)16-14(20-9)15-8-10-4-6-11(18-2)7-5-10/h4-7H,8H2,1-3H3,(H,15,16). The monoisotopic (exact) mass is 292 g/mol. The van der Waals surface area contributed by atoms with Gasteiger partial charge in [-0.15, -0.1) is 11.3 Å². The van der Waals surface area contributed by atoms with E-state index in [0.717, 1.165) is 16.2 Å². The zero-order valence-electron chi connectivity index (χ0n) is 11.6. The van der Waals surface area contributed by atoms with Crippen molar-refractivity contribution in [2.24, 2.45) is 0 Å². The summed E-state index contributed by atoms with van der Waals surface area (Å²) in [6, 6.07) is 7.77. The average Bonchev–Trinajstić information content (AvgIpc) is 2.86. The Morgan fingerprint density at radius 1 is 1.30 bits per heavy atom. The summed E-state index contributed by atoms with van der Waals surface area (Å²) in [6.45, 7) is 2.49. The molecule has 1 aromatic heterocycles. The highest BCUT2D eigenvalue weighted by molar-refractivity contribution is 7.15. The molecule has 0 fully saturated rings. The Morgan fingerprint density at radius 3 is 2.60 bits per heavy atom. The van der Waals surface area contributed by atoms with Gasteiger partial charge in [0, 0.05) is 11.4 Å². The van der Waals surface area contributed by atoms with Crippen molar-refractivity contribution < 1.29 is 14.3 Å². The number of ether oxygens (including phenoxy) is 2. The minimum absolute atomic E-state index is 0.370. The average molecular weight is 292 g/mol. The molecule has 1 aromatic carbocycles. The quantitative estimate of drug-likeness (QED) is 0.859. The van der Waals surface area contributed by atoms with Gasteiger partial charge in [0.05, 0.1) is 14.2 Å². The fourth-order valence-electron chi connectivity index (χ4n) is 1.68. The number of carbonyl (C=O) groups excluding carboxylic acids is 1. The molecule has 0 aliphatic carbocycles. The summed E-state index contributed by atoms with van der Waals surface area (Å²) in [7, 11) is 2.99. The van der Waals surface area contributed by atoms with Crippen molar-refractivity contribution in [3.05, 3.63) is 40.4 Å². The predicted octanol–water partition coefficient (Wildman–Crippen LogP) is 2.86. The van der Waals surface area contributed by atoms with E-state index in [2.05, 4.69) is 15.0 Å². The summed E-state index contributed by atoms with van der Waals surface area (Å²) >= 11 is 1.44. The van der Waals surface area contributed by atoms with Crippen LogP contribution < -0.4 is 10.1 Å². The Kier molecular flexibility index (Phi) is 4.57. The molecule has 0 saturated carbocycles. The first-order valence-electron chi connectivity index (χ1n) is 6.06. The Balaban J connectivity index is 2.01. The number of esters is 1. The highest BCUT2D eigenvalue weighted by atomic mass is 32.1. The van der Waals surface area contributed by atoms with Crippen LogP contribution in [0.4, 0.5) is 5.13 Å². The largest absolute Gasteiger partial charge is 0.497 e. The maximum atomic E-state index is 11.5. The maximum Gasteiger partial charge on any atom is 0.357 e. The van der Waals surface area contributed by atoms with Gasteiger partial charge in [0.25, 0.3) is 0 Å². The molecule has 0 amide bonds. The van der Waals surface area contributed by atoms with E-state index in [1.807, 2.05) is 31.2 Å². The maximum absolute atomic E-state index is 11.5. The lowest BCUT2D eigenvalue weighted by Crippen LogP contribution is -2.04. The van der Waals surface area contributed by atoms with Crippen LogP contribution in [0.2, 0.25) is 0 Å². The van der Waals surface area contributed by atoms with Crippen LogP contribution in [-0.4, -0.2) is 25.2 Å². The van der Waals surface area contributed by atoms with Gasteiger partial charge in [-0.25, -0.2) is 9.78 Å². The Morgan fingerprint density at radius 2 is 2.00 bits per heavy atom. The first kappa shape index (κ1) is 14.3. The number of rotatable bonds is 5. The molecule has 0 bridgehead atoms. The van der Waals surface area contributed by atoms with Gasteiger partial charge >= 0.3 is 5.97 Å². The molecule has 0 aliphatic heterocycles. The van der Waals surface area contributed by atoms with Crippen molar-refractivity contribution >= 4 is 22.4 Å². The van der Waals surface area contributed by atoms with Gasteiger partial charge < -0.3 is 14.8 Å². The van der Waals surface area contributed by atoms with Crippen LogP contribution >= 0.6 is 11.3 Å². The Labute approximate surface area is 121 Å². The molecule has 0 radical (unpaired) electrons. The molecule has 2 rings (SSSR count). The van der Waals surface area contributed by atoms with Crippen molar-refractivity contribution in [1.82, 2.24) is 4.98 Å².